The summed E-state index contributed by atoms with van der Waals surface area (Å²) in [4.78, 5) is 26.1. The molecule has 0 spiro atoms. The van der Waals surface area contributed by atoms with Gasteiger partial charge in [0.15, 0.2) is 12.4 Å². The number of ether oxygens (including phenoxy) is 1. The second-order valence-corrected chi connectivity index (χ2v) is 8.56. The Kier molecular flexibility index (Phi) is 6.33. The molecule has 0 bridgehead atoms. The van der Waals surface area contributed by atoms with Gasteiger partial charge in [0, 0.05) is 25.2 Å². The maximum absolute atomic E-state index is 12.4. The van der Waals surface area contributed by atoms with E-state index >= 15 is 0 Å². The molecule has 0 aliphatic carbocycles. The summed E-state index contributed by atoms with van der Waals surface area (Å²) in [7, 11) is -3.70. The number of sulfonamides is 1. The number of nitrogens with one attached hydrogen (secondary N) is 1. The number of likely N-dealkylation sites (tertiary alicyclic amines) is 1. The van der Waals surface area contributed by atoms with Gasteiger partial charge in [0.05, 0.1) is 5.92 Å². The van der Waals surface area contributed by atoms with E-state index in [-0.39, 0.29) is 17.4 Å². The van der Waals surface area contributed by atoms with Crippen LogP contribution in [-0.4, -0.2) is 57.3 Å². The molecule has 1 saturated heterocycles. The van der Waals surface area contributed by atoms with Crippen LogP contribution in [0.3, 0.4) is 0 Å². The molecule has 1 atom stereocenters. The van der Waals surface area contributed by atoms with Gasteiger partial charge in [0.25, 0.3) is 15.9 Å². The minimum atomic E-state index is -3.70. The van der Waals surface area contributed by atoms with Gasteiger partial charge in [0.1, 0.15) is 4.90 Å². The Hall–Kier alpha value is -2.42. The van der Waals surface area contributed by atoms with Gasteiger partial charge in [-0.25, -0.2) is 0 Å². The lowest BCUT2D eigenvalue weighted by atomic mass is 9.97. The summed E-state index contributed by atoms with van der Waals surface area (Å²) >= 11 is 0. The summed E-state index contributed by atoms with van der Waals surface area (Å²) in [6.07, 6.45) is 3.20. The monoisotopic (exact) mass is 407 g/mol. The van der Waals surface area contributed by atoms with E-state index in [0.29, 0.717) is 43.9 Å². The Morgan fingerprint density at radius 3 is 2.89 bits per heavy atom. The number of benzene rings is 1. The molecular formula is C19H25N3O5S. The molecule has 0 radical (unpaired) electrons. The Morgan fingerprint density at radius 1 is 1.32 bits per heavy atom. The lowest BCUT2D eigenvalue weighted by Gasteiger charge is -2.32. The average molecular weight is 407 g/mol. The molecule has 152 valence electrons. The zero-order valence-corrected chi connectivity index (χ0v) is 16.7. The normalized spacial score (nSPS) is 20.2. The van der Waals surface area contributed by atoms with Crippen LogP contribution < -0.4 is 5.32 Å². The Bertz CT molecular complexity index is 881. The van der Waals surface area contributed by atoms with Gasteiger partial charge >= 0.3 is 5.97 Å². The summed E-state index contributed by atoms with van der Waals surface area (Å²) in [6, 6.07) is 6.69. The van der Waals surface area contributed by atoms with Gasteiger partial charge < -0.3 is 15.0 Å². The molecule has 3 rings (SSSR count). The smallest absolute Gasteiger partial charge is 0.311 e. The van der Waals surface area contributed by atoms with Crippen molar-refractivity contribution in [2.75, 3.05) is 26.2 Å². The molecule has 1 aromatic rings. The van der Waals surface area contributed by atoms with Crippen molar-refractivity contribution in [1.82, 2.24) is 10.2 Å². The zero-order chi connectivity index (χ0) is 20.1. The average Bonchev–Trinajstić information content (AvgIpc) is 2.98. The number of rotatable bonds is 6. The number of carbonyl (C=O) groups is 2. The first kappa shape index (κ1) is 20.3. The van der Waals surface area contributed by atoms with Crippen molar-refractivity contribution in [3.63, 3.8) is 0 Å². The number of carbonyl (C=O) groups excluding carboxylic acids is 2. The number of amidine groups is 1. The quantitative estimate of drug-likeness (QED) is 0.563. The molecule has 1 amide bonds. The van der Waals surface area contributed by atoms with Crippen molar-refractivity contribution < 1.29 is 22.7 Å². The van der Waals surface area contributed by atoms with Crippen molar-refractivity contribution in [3.8, 4) is 0 Å². The van der Waals surface area contributed by atoms with Crippen molar-refractivity contribution >= 4 is 27.7 Å². The maximum atomic E-state index is 12.4. The van der Waals surface area contributed by atoms with Gasteiger partial charge in [0.2, 0.25) is 0 Å². The fourth-order valence-corrected chi connectivity index (χ4v) is 4.62. The predicted molar refractivity (Wildman–Crippen MR) is 103 cm³/mol. The van der Waals surface area contributed by atoms with Crippen molar-refractivity contribution in [2.24, 2.45) is 10.3 Å². The van der Waals surface area contributed by atoms with Crippen LogP contribution in [0.15, 0.2) is 33.6 Å². The lowest BCUT2D eigenvalue weighted by molar-refractivity contribution is -0.153. The second kappa shape index (κ2) is 8.72. The lowest BCUT2D eigenvalue weighted by Crippen LogP contribution is -2.43. The number of amides is 1. The standard InChI is InChI=1S/C19H25N3O5S/c1-2-3-10-20-17(23)13-27-19(24)14-7-6-11-22(12-14)18-15-8-4-5-9-16(15)28(25,26)21-18/h4-5,8-9,14H,2-3,6-7,10-13H2,1H3,(H,20,23)/t14-/m1/s1. The van der Waals surface area contributed by atoms with E-state index in [1.807, 2.05) is 11.8 Å². The highest BCUT2D eigenvalue weighted by Crippen LogP contribution is 2.29. The molecule has 2 aliphatic heterocycles. The van der Waals surface area contributed by atoms with Gasteiger partial charge in [-0.3, -0.25) is 9.59 Å². The van der Waals surface area contributed by atoms with E-state index < -0.39 is 21.9 Å². The number of unbranched alkanes of at least 4 members (excludes halogenated alkanes) is 1. The Labute approximate surface area is 165 Å². The highest BCUT2D eigenvalue weighted by Gasteiger charge is 2.35. The fraction of sp³-hybridized carbons (Fsp3) is 0.526. The van der Waals surface area contributed by atoms with Crippen molar-refractivity contribution in [2.45, 2.75) is 37.5 Å². The molecule has 1 fully saturated rings. The molecule has 2 aliphatic rings. The number of hydrogen-bond donors (Lipinski definition) is 1. The van der Waals surface area contributed by atoms with Crippen LogP contribution in [0.1, 0.15) is 38.2 Å². The molecule has 2 heterocycles. The Balaban J connectivity index is 1.60. The molecule has 28 heavy (non-hydrogen) atoms. The van der Waals surface area contributed by atoms with Crippen LogP contribution in [0.5, 0.6) is 0 Å². The molecule has 0 unspecified atom stereocenters. The summed E-state index contributed by atoms with van der Waals surface area (Å²) in [6.45, 7) is 3.23. The molecule has 0 aromatic heterocycles. The van der Waals surface area contributed by atoms with Crippen LogP contribution in [0.4, 0.5) is 0 Å². The van der Waals surface area contributed by atoms with Crippen LogP contribution in [0, 0.1) is 5.92 Å². The molecule has 0 saturated carbocycles. The maximum Gasteiger partial charge on any atom is 0.311 e. The molecule has 1 N–H and O–H groups in total. The zero-order valence-electron chi connectivity index (χ0n) is 15.9. The van der Waals surface area contributed by atoms with E-state index in [2.05, 4.69) is 9.71 Å². The summed E-state index contributed by atoms with van der Waals surface area (Å²) < 4.78 is 33.6. The van der Waals surface area contributed by atoms with Crippen LogP contribution in [0.25, 0.3) is 0 Å². The summed E-state index contributed by atoms with van der Waals surface area (Å²) in [5, 5.41) is 2.70. The van der Waals surface area contributed by atoms with E-state index in [1.54, 1.807) is 18.2 Å². The molecule has 8 nitrogen and oxygen atoms in total. The van der Waals surface area contributed by atoms with Crippen LogP contribution in [-0.2, 0) is 24.3 Å². The van der Waals surface area contributed by atoms with Gasteiger partial charge in [-0.15, -0.1) is 4.40 Å². The predicted octanol–water partition coefficient (Wildman–Crippen LogP) is 1.31. The fourth-order valence-electron chi connectivity index (χ4n) is 3.39. The number of hydrogen-bond acceptors (Lipinski definition) is 6. The van der Waals surface area contributed by atoms with Gasteiger partial charge in [-0.05, 0) is 31.4 Å². The number of esters is 1. The van der Waals surface area contributed by atoms with Crippen LogP contribution in [0.2, 0.25) is 0 Å². The van der Waals surface area contributed by atoms with E-state index in [4.69, 9.17) is 4.74 Å². The third-order valence-electron chi connectivity index (χ3n) is 4.86. The molecule has 1 aromatic carbocycles. The van der Waals surface area contributed by atoms with Gasteiger partial charge in [-0.1, -0.05) is 25.5 Å². The highest BCUT2D eigenvalue weighted by atomic mass is 32.2. The Morgan fingerprint density at radius 2 is 2.11 bits per heavy atom. The first-order valence-corrected chi connectivity index (χ1v) is 11.0. The SMILES string of the molecule is CCCCNC(=O)COC(=O)[C@@H]1CCCN(C2=NS(=O)(=O)c3ccccc32)C1. The van der Waals surface area contributed by atoms with Gasteiger partial charge in [-0.2, -0.15) is 8.42 Å². The minimum Gasteiger partial charge on any atom is -0.455 e. The van der Waals surface area contributed by atoms with Crippen LogP contribution >= 0.6 is 0 Å². The largest absolute Gasteiger partial charge is 0.455 e. The second-order valence-electron chi connectivity index (χ2n) is 6.98. The summed E-state index contributed by atoms with van der Waals surface area (Å²) in [5.41, 5.74) is 0.562. The third kappa shape index (κ3) is 4.52. The summed E-state index contributed by atoms with van der Waals surface area (Å²) in [5.74, 6) is -0.791. The van der Waals surface area contributed by atoms with E-state index in [1.165, 1.54) is 6.07 Å². The van der Waals surface area contributed by atoms with E-state index in [0.717, 1.165) is 12.8 Å². The highest BCUT2D eigenvalue weighted by molar-refractivity contribution is 7.90. The topological polar surface area (TPSA) is 105 Å². The number of piperidine rings is 1. The van der Waals surface area contributed by atoms with Crippen molar-refractivity contribution in [1.29, 1.82) is 0 Å². The van der Waals surface area contributed by atoms with E-state index in [9.17, 15) is 18.0 Å². The minimum absolute atomic E-state index is 0.193. The first-order valence-electron chi connectivity index (χ1n) is 9.55. The molecule has 9 heteroatoms. The molecular weight excluding hydrogens is 382 g/mol. The first-order chi connectivity index (χ1) is 13.4. The van der Waals surface area contributed by atoms with Crippen molar-refractivity contribution in [3.05, 3.63) is 29.8 Å². The number of nitrogens with zero attached hydrogens (tertiary/aromatic N) is 2. The number of fused-ring (bicyclic) bond motifs is 1. The third-order valence-corrected chi connectivity index (χ3v) is 6.19.